The predicted molar refractivity (Wildman–Crippen MR) is 86.1 cm³/mol. The zero-order valence-electron chi connectivity index (χ0n) is 13.9. The maximum Gasteiger partial charge on any atom is 0.186 e. The maximum absolute atomic E-state index is 6.07. The standard InChI is InChI=1S/C18H24O5/c1-5-11-21-17-16(15(6-2)23-18(17)20-4)22-12-13-7-9-14(19-3)10-8-13/h1,7-10,15-18H,6,11-12H2,2-4H3/t15-,16+,17-,18-/m1/s1. The normalized spacial score (nSPS) is 26.9. The minimum Gasteiger partial charge on any atom is -0.497 e. The van der Waals surface area contributed by atoms with Gasteiger partial charge < -0.3 is 23.7 Å². The van der Waals surface area contributed by atoms with E-state index in [1.807, 2.05) is 31.2 Å². The van der Waals surface area contributed by atoms with Gasteiger partial charge in [0.2, 0.25) is 0 Å². The number of benzene rings is 1. The van der Waals surface area contributed by atoms with Crippen LogP contribution in [0, 0.1) is 12.3 Å². The second-order valence-electron chi connectivity index (χ2n) is 5.29. The molecule has 0 saturated carbocycles. The molecule has 0 N–H and O–H groups in total. The van der Waals surface area contributed by atoms with Gasteiger partial charge in [0, 0.05) is 7.11 Å². The lowest BCUT2D eigenvalue weighted by Crippen LogP contribution is -2.38. The van der Waals surface area contributed by atoms with Gasteiger partial charge in [-0.3, -0.25) is 0 Å². The first-order chi connectivity index (χ1) is 11.2. The molecule has 1 saturated heterocycles. The third-order valence-corrected chi connectivity index (χ3v) is 3.86. The molecule has 4 atom stereocenters. The summed E-state index contributed by atoms with van der Waals surface area (Å²) in [4.78, 5) is 0. The molecule has 0 spiro atoms. The molecule has 1 aromatic rings. The van der Waals surface area contributed by atoms with Crippen molar-refractivity contribution in [2.45, 2.75) is 44.6 Å². The van der Waals surface area contributed by atoms with Crippen molar-refractivity contribution in [3.05, 3.63) is 29.8 Å². The number of hydrogen-bond acceptors (Lipinski definition) is 5. The Hall–Kier alpha value is -1.58. The Labute approximate surface area is 137 Å². The van der Waals surface area contributed by atoms with Gasteiger partial charge in [0.1, 0.15) is 24.6 Å². The molecule has 0 radical (unpaired) electrons. The highest BCUT2D eigenvalue weighted by Crippen LogP contribution is 2.29. The molecule has 5 nitrogen and oxygen atoms in total. The van der Waals surface area contributed by atoms with E-state index in [4.69, 9.17) is 30.1 Å². The molecular weight excluding hydrogens is 296 g/mol. The molecule has 1 aliphatic heterocycles. The Bertz CT molecular complexity index is 507. The summed E-state index contributed by atoms with van der Waals surface area (Å²) in [6.45, 7) is 2.71. The lowest BCUT2D eigenvalue weighted by Gasteiger charge is -2.23. The Balaban J connectivity index is 2.01. The van der Waals surface area contributed by atoms with Gasteiger partial charge >= 0.3 is 0 Å². The third-order valence-electron chi connectivity index (χ3n) is 3.86. The summed E-state index contributed by atoms with van der Waals surface area (Å²) in [6, 6.07) is 7.76. The summed E-state index contributed by atoms with van der Waals surface area (Å²) >= 11 is 0. The molecule has 1 fully saturated rings. The van der Waals surface area contributed by atoms with E-state index < -0.39 is 6.29 Å². The van der Waals surface area contributed by atoms with Gasteiger partial charge in [-0.1, -0.05) is 25.0 Å². The number of hydrogen-bond donors (Lipinski definition) is 0. The van der Waals surface area contributed by atoms with Gasteiger partial charge in [-0.05, 0) is 24.1 Å². The largest absolute Gasteiger partial charge is 0.497 e. The first-order valence-electron chi connectivity index (χ1n) is 7.71. The third kappa shape index (κ3) is 4.46. The van der Waals surface area contributed by atoms with Crippen molar-refractivity contribution >= 4 is 0 Å². The van der Waals surface area contributed by atoms with Crippen LogP contribution in [0.4, 0.5) is 0 Å². The molecule has 1 heterocycles. The first kappa shape index (κ1) is 17.8. The fourth-order valence-corrected chi connectivity index (χ4v) is 2.65. The summed E-state index contributed by atoms with van der Waals surface area (Å²) in [5.74, 6) is 3.29. The zero-order valence-corrected chi connectivity index (χ0v) is 13.9. The smallest absolute Gasteiger partial charge is 0.186 e. The highest BCUT2D eigenvalue weighted by Gasteiger charge is 2.45. The van der Waals surface area contributed by atoms with E-state index in [0.717, 1.165) is 17.7 Å². The van der Waals surface area contributed by atoms with Crippen molar-refractivity contribution in [3.63, 3.8) is 0 Å². The maximum atomic E-state index is 6.07. The van der Waals surface area contributed by atoms with E-state index in [0.29, 0.717) is 6.61 Å². The van der Waals surface area contributed by atoms with Crippen LogP contribution in [0.2, 0.25) is 0 Å². The molecule has 0 amide bonds. The highest BCUT2D eigenvalue weighted by atomic mass is 16.7. The monoisotopic (exact) mass is 320 g/mol. The Morgan fingerprint density at radius 1 is 1.13 bits per heavy atom. The van der Waals surface area contributed by atoms with Crippen LogP contribution >= 0.6 is 0 Å². The molecule has 0 bridgehead atoms. The molecular formula is C18H24O5. The number of terminal acetylenes is 1. The molecule has 0 aromatic heterocycles. The van der Waals surface area contributed by atoms with E-state index in [2.05, 4.69) is 5.92 Å². The second-order valence-corrected chi connectivity index (χ2v) is 5.29. The molecule has 5 heteroatoms. The number of methoxy groups -OCH3 is 2. The topological polar surface area (TPSA) is 46.2 Å². The van der Waals surface area contributed by atoms with Gasteiger partial charge in [-0.15, -0.1) is 6.42 Å². The fourth-order valence-electron chi connectivity index (χ4n) is 2.65. The van der Waals surface area contributed by atoms with Crippen molar-refractivity contribution in [1.29, 1.82) is 0 Å². The van der Waals surface area contributed by atoms with Gasteiger partial charge in [0.25, 0.3) is 0 Å². The highest BCUT2D eigenvalue weighted by molar-refractivity contribution is 5.26. The predicted octanol–water partition coefficient (Wildman–Crippen LogP) is 2.38. The Kier molecular flexibility index (Phi) is 6.87. The van der Waals surface area contributed by atoms with Crippen LogP contribution in [0.5, 0.6) is 5.75 Å². The van der Waals surface area contributed by atoms with Gasteiger partial charge in [0.15, 0.2) is 6.29 Å². The van der Waals surface area contributed by atoms with Gasteiger partial charge in [-0.2, -0.15) is 0 Å². The molecule has 23 heavy (non-hydrogen) atoms. The van der Waals surface area contributed by atoms with Crippen molar-refractivity contribution in [3.8, 4) is 18.1 Å². The summed E-state index contributed by atoms with van der Waals surface area (Å²) in [5.41, 5.74) is 1.05. The van der Waals surface area contributed by atoms with E-state index in [9.17, 15) is 0 Å². The van der Waals surface area contributed by atoms with Crippen molar-refractivity contribution in [1.82, 2.24) is 0 Å². The number of ether oxygens (including phenoxy) is 5. The molecule has 0 aliphatic carbocycles. The number of rotatable bonds is 8. The van der Waals surface area contributed by atoms with Crippen LogP contribution in [0.1, 0.15) is 18.9 Å². The molecule has 126 valence electrons. The average molecular weight is 320 g/mol. The Morgan fingerprint density at radius 3 is 2.43 bits per heavy atom. The Morgan fingerprint density at radius 2 is 1.87 bits per heavy atom. The van der Waals surface area contributed by atoms with E-state index in [-0.39, 0.29) is 24.9 Å². The SMILES string of the molecule is C#CCO[C@H]1[C@H](OC)O[C@H](CC)[C@@H]1OCc1ccc(OC)cc1. The van der Waals surface area contributed by atoms with E-state index in [1.165, 1.54) is 0 Å². The molecule has 1 aliphatic rings. The summed E-state index contributed by atoms with van der Waals surface area (Å²) < 4.78 is 28.1. The van der Waals surface area contributed by atoms with Crippen LogP contribution in [-0.4, -0.2) is 45.4 Å². The van der Waals surface area contributed by atoms with Crippen molar-refractivity contribution < 1.29 is 23.7 Å². The molecule has 0 unspecified atom stereocenters. The van der Waals surface area contributed by atoms with Crippen molar-refractivity contribution in [2.24, 2.45) is 0 Å². The summed E-state index contributed by atoms with van der Waals surface area (Å²) in [6.07, 6.45) is 5.00. The van der Waals surface area contributed by atoms with Crippen LogP contribution in [0.15, 0.2) is 24.3 Å². The van der Waals surface area contributed by atoms with E-state index in [1.54, 1.807) is 14.2 Å². The quantitative estimate of drug-likeness (QED) is 0.688. The lowest BCUT2D eigenvalue weighted by atomic mass is 10.1. The first-order valence-corrected chi connectivity index (χ1v) is 7.71. The van der Waals surface area contributed by atoms with Crippen LogP contribution in [-0.2, 0) is 25.6 Å². The summed E-state index contributed by atoms with van der Waals surface area (Å²) in [7, 11) is 3.24. The molecule has 2 rings (SSSR count). The molecule has 1 aromatic carbocycles. The van der Waals surface area contributed by atoms with Crippen LogP contribution in [0.25, 0.3) is 0 Å². The minimum atomic E-state index is -0.464. The van der Waals surface area contributed by atoms with Gasteiger partial charge in [0.05, 0.1) is 19.8 Å². The van der Waals surface area contributed by atoms with Crippen molar-refractivity contribution in [2.75, 3.05) is 20.8 Å². The van der Waals surface area contributed by atoms with E-state index >= 15 is 0 Å². The summed E-state index contributed by atoms with van der Waals surface area (Å²) in [5, 5.41) is 0. The second kappa shape index (κ2) is 8.90. The average Bonchev–Trinajstić information content (AvgIpc) is 2.95. The minimum absolute atomic E-state index is 0.0824. The lowest BCUT2D eigenvalue weighted by molar-refractivity contribution is -0.160. The zero-order chi connectivity index (χ0) is 16.7. The van der Waals surface area contributed by atoms with Crippen LogP contribution < -0.4 is 4.74 Å². The fraction of sp³-hybridized carbons (Fsp3) is 0.556. The van der Waals surface area contributed by atoms with Crippen LogP contribution in [0.3, 0.4) is 0 Å². The van der Waals surface area contributed by atoms with Gasteiger partial charge in [-0.25, -0.2) is 0 Å².